The van der Waals surface area contributed by atoms with Crippen LogP contribution in [0.3, 0.4) is 0 Å². The summed E-state index contributed by atoms with van der Waals surface area (Å²) in [5.41, 5.74) is 2.55. The van der Waals surface area contributed by atoms with Gasteiger partial charge in [-0.3, -0.25) is 4.79 Å². The molecule has 0 aliphatic carbocycles. The van der Waals surface area contributed by atoms with Crippen LogP contribution in [0.2, 0.25) is 0 Å². The first kappa shape index (κ1) is 23.7. The molecular weight excluding hydrogens is 406 g/mol. The van der Waals surface area contributed by atoms with Gasteiger partial charge in [0.25, 0.3) is 5.91 Å². The first-order valence-corrected chi connectivity index (χ1v) is 11.8. The average Bonchev–Trinajstić information content (AvgIpc) is 3.13. The largest absolute Gasteiger partial charge is 0.451 e. The molecule has 0 unspecified atom stereocenters. The predicted octanol–water partition coefficient (Wildman–Crippen LogP) is 1.90. The monoisotopic (exact) mass is 435 g/mol. The zero-order valence-corrected chi connectivity index (χ0v) is 18.7. The lowest BCUT2D eigenvalue weighted by molar-refractivity contribution is -0.144. The van der Waals surface area contributed by atoms with Crippen LogP contribution < -0.4 is 5.32 Å². The number of hydrogen-bond donors (Lipinski definition) is 1. The van der Waals surface area contributed by atoms with E-state index in [0.29, 0.717) is 12.3 Å². The van der Waals surface area contributed by atoms with Gasteiger partial charge in [-0.15, -0.1) is 0 Å². The average molecular weight is 436 g/mol. The van der Waals surface area contributed by atoms with Gasteiger partial charge in [-0.05, 0) is 50.3 Å². The summed E-state index contributed by atoms with van der Waals surface area (Å²) in [4.78, 5) is 24.2. The van der Waals surface area contributed by atoms with Crippen molar-refractivity contribution < 1.29 is 22.7 Å². The summed E-state index contributed by atoms with van der Waals surface area (Å²) >= 11 is 0. The number of hydrogen-bond acceptors (Lipinski definition) is 6. The Labute approximate surface area is 177 Å². The Bertz CT molecular complexity index is 983. The van der Waals surface area contributed by atoms with E-state index in [1.54, 1.807) is 0 Å². The molecule has 2 rings (SSSR count). The molecule has 1 aromatic heterocycles. The summed E-state index contributed by atoms with van der Waals surface area (Å²) in [6.07, 6.45) is 2.83. The number of aryl methyl sites for hydroxylation is 1. The van der Waals surface area contributed by atoms with E-state index in [9.17, 15) is 23.3 Å². The number of esters is 1. The zero-order valence-electron chi connectivity index (χ0n) is 17.9. The number of nitrogens with one attached hydrogen (secondary N) is 1. The predicted molar refractivity (Wildman–Crippen MR) is 113 cm³/mol. The third-order valence-corrected chi connectivity index (χ3v) is 6.88. The van der Waals surface area contributed by atoms with Crippen molar-refractivity contribution in [2.24, 2.45) is 5.92 Å². The first-order chi connectivity index (χ1) is 14.0. The molecule has 1 N–H and O–H groups in total. The Hall–Kier alpha value is -2.60. The van der Waals surface area contributed by atoms with E-state index in [0.717, 1.165) is 29.9 Å². The molecule has 164 valence electrons. The maximum absolute atomic E-state index is 12.2. The highest BCUT2D eigenvalue weighted by molar-refractivity contribution is 7.91. The van der Waals surface area contributed by atoms with Crippen molar-refractivity contribution in [2.45, 2.75) is 53.1 Å². The van der Waals surface area contributed by atoms with Crippen LogP contribution in [0, 0.1) is 31.1 Å². The van der Waals surface area contributed by atoms with Gasteiger partial charge in [-0.2, -0.15) is 5.26 Å². The Morgan fingerprint density at radius 3 is 2.67 bits per heavy atom. The van der Waals surface area contributed by atoms with Crippen LogP contribution in [0.15, 0.2) is 11.6 Å². The lowest BCUT2D eigenvalue weighted by Gasteiger charge is -2.11. The maximum Gasteiger partial charge on any atom is 0.349 e. The van der Waals surface area contributed by atoms with Crippen molar-refractivity contribution in [3.8, 4) is 6.07 Å². The minimum Gasteiger partial charge on any atom is -0.451 e. The Morgan fingerprint density at radius 1 is 1.40 bits per heavy atom. The van der Waals surface area contributed by atoms with Gasteiger partial charge in [0, 0.05) is 24.0 Å². The number of carbonyl (C=O) groups excluding carboxylic acids is 2. The molecule has 0 radical (unpaired) electrons. The van der Waals surface area contributed by atoms with Crippen molar-refractivity contribution in [1.82, 2.24) is 9.88 Å². The summed E-state index contributed by atoms with van der Waals surface area (Å²) in [6, 6.07) is 3.27. The summed E-state index contributed by atoms with van der Waals surface area (Å²) in [7, 11) is -3.12. The molecule has 2 heterocycles. The maximum atomic E-state index is 12.2. The molecule has 30 heavy (non-hydrogen) atoms. The Balaban J connectivity index is 1.99. The number of nitriles is 1. The van der Waals surface area contributed by atoms with Crippen LogP contribution >= 0.6 is 0 Å². The highest BCUT2D eigenvalue weighted by Crippen LogP contribution is 2.20. The van der Waals surface area contributed by atoms with Crippen molar-refractivity contribution in [3.63, 3.8) is 0 Å². The van der Waals surface area contributed by atoms with E-state index in [1.807, 2.05) is 26.0 Å². The number of rotatable bonds is 8. The summed E-state index contributed by atoms with van der Waals surface area (Å²) in [5, 5.41) is 11.9. The molecule has 0 spiro atoms. The minimum atomic E-state index is -3.12. The van der Waals surface area contributed by atoms with E-state index < -0.39 is 34.4 Å². The van der Waals surface area contributed by atoms with Gasteiger partial charge in [0.05, 0.1) is 11.5 Å². The highest BCUT2D eigenvalue weighted by Gasteiger charge is 2.29. The molecule has 0 bridgehead atoms. The zero-order chi connectivity index (χ0) is 22.5. The van der Waals surface area contributed by atoms with Crippen LogP contribution in [0.5, 0.6) is 0 Å². The van der Waals surface area contributed by atoms with Gasteiger partial charge in [-0.25, -0.2) is 13.2 Å². The standard InChI is InChI=1S/C21H29N3O5S/c1-14(2)5-7-24-15(3)9-17(16(24)4)10-18(11-22)21(26)29-12-20(25)23-19-6-8-30(27,28)13-19/h9-10,14,19H,5-8,12-13H2,1-4H3,(H,23,25)/b18-10+/t19-/m1/s1. The van der Waals surface area contributed by atoms with E-state index >= 15 is 0 Å². The Morgan fingerprint density at radius 2 is 2.10 bits per heavy atom. The van der Waals surface area contributed by atoms with Gasteiger partial charge in [0.2, 0.25) is 0 Å². The molecule has 0 saturated carbocycles. The number of amides is 1. The number of sulfone groups is 1. The molecule has 9 heteroatoms. The van der Waals surface area contributed by atoms with Crippen molar-refractivity contribution in [1.29, 1.82) is 5.26 Å². The molecule has 1 aliphatic heterocycles. The molecule has 0 aromatic carbocycles. The molecule has 1 fully saturated rings. The summed E-state index contributed by atoms with van der Waals surface area (Å²) in [5.74, 6) is -0.990. The van der Waals surface area contributed by atoms with Gasteiger partial charge in [0.1, 0.15) is 11.6 Å². The fraction of sp³-hybridized carbons (Fsp3) is 0.571. The van der Waals surface area contributed by atoms with Crippen LogP contribution in [0.1, 0.15) is 43.6 Å². The normalized spacial score (nSPS) is 18.3. The molecule has 1 amide bonds. The van der Waals surface area contributed by atoms with Crippen LogP contribution in [-0.4, -0.2) is 49.0 Å². The highest BCUT2D eigenvalue weighted by atomic mass is 32.2. The number of nitrogens with zero attached hydrogens (tertiary/aromatic N) is 2. The van der Waals surface area contributed by atoms with E-state index in [2.05, 4.69) is 23.7 Å². The fourth-order valence-electron chi connectivity index (χ4n) is 3.38. The quantitative estimate of drug-likeness (QED) is 0.378. The van der Waals surface area contributed by atoms with Gasteiger partial charge >= 0.3 is 5.97 Å². The third kappa shape index (κ3) is 6.46. The molecule has 1 atom stereocenters. The lowest BCUT2D eigenvalue weighted by Crippen LogP contribution is -2.38. The molecule has 1 saturated heterocycles. The van der Waals surface area contributed by atoms with Gasteiger partial charge < -0.3 is 14.6 Å². The molecule has 1 aliphatic rings. The Kier molecular flexibility index (Phi) is 7.84. The summed E-state index contributed by atoms with van der Waals surface area (Å²) in [6.45, 7) is 8.50. The molecular formula is C21H29N3O5S. The van der Waals surface area contributed by atoms with Crippen molar-refractivity contribution in [3.05, 3.63) is 28.6 Å². The van der Waals surface area contributed by atoms with Crippen LogP contribution in [0.25, 0.3) is 6.08 Å². The second-order valence-electron chi connectivity index (χ2n) is 8.07. The topological polar surface area (TPSA) is 118 Å². The second kappa shape index (κ2) is 9.94. The molecule has 8 nitrogen and oxygen atoms in total. The van der Waals surface area contributed by atoms with E-state index in [4.69, 9.17) is 4.74 Å². The van der Waals surface area contributed by atoms with Gasteiger partial charge in [-0.1, -0.05) is 13.8 Å². The van der Waals surface area contributed by atoms with Gasteiger partial charge in [0.15, 0.2) is 16.4 Å². The number of ether oxygens (including phenoxy) is 1. The van der Waals surface area contributed by atoms with Crippen LogP contribution in [-0.2, 0) is 30.7 Å². The van der Waals surface area contributed by atoms with E-state index in [1.165, 1.54) is 6.08 Å². The smallest absolute Gasteiger partial charge is 0.349 e. The minimum absolute atomic E-state index is 0.0363. The SMILES string of the molecule is Cc1cc(/C=C(\C#N)C(=O)OCC(=O)N[C@@H]2CCS(=O)(=O)C2)c(C)n1CCC(C)C. The first-order valence-electron chi connectivity index (χ1n) is 9.98. The lowest BCUT2D eigenvalue weighted by atomic mass is 10.1. The summed E-state index contributed by atoms with van der Waals surface area (Å²) < 4.78 is 30.0. The van der Waals surface area contributed by atoms with E-state index in [-0.39, 0.29) is 17.1 Å². The second-order valence-corrected chi connectivity index (χ2v) is 10.3. The van der Waals surface area contributed by atoms with Crippen LogP contribution in [0.4, 0.5) is 0 Å². The third-order valence-electron chi connectivity index (χ3n) is 5.11. The number of aromatic nitrogens is 1. The van der Waals surface area contributed by atoms with Crippen molar-refractivity contribution >= 4 is 27.8 Å². The number of carbonyl (C=O) groups is 2. The molecule has 1 aromatic rings. The fourth-order valence-corrected chi connectivity index (χ4v) is 5.06. The van der Waals surface area contributed by atoms with Crippen molar-refractivity contribution in [2.75, 3.05) is 18.1 Å².